The van der Waals surface area contributed by atoms with Gasteiger partial charge in [0.15, 0.2) is 0 Å². The first-order valence-corrected chi connectivity index (χ1v) is 17.2. The Bertz CT molecular complexity index is 1470. The van der Waals surface area contributed by atoms with Crippen LogP contribution < -0.4 is 4.31 Å². The molecule has 0 aliphatic carbocycles. The van der Waals surface area contributed by atoms with Gasteiger partial charge in [-0.3, -0.25) is 14.0 Å². The van der Waals surface area contributed by atoms with E-state index in [-0.39, 0.29) is 23.6 Å². The van der Waals surface area contributed by atoms with Crippen LogP contribution in [0.4, 0.5) is 23.2 Å². The summed E-state index contributed by atoms with van der Waals surface area (Å²) in [4.78, 5) is 18.0. The smallest absolute Gasteiger partial charge is 0.257 e. The molecule has 5 rings (SSSR count). The Labute approximate surface area is 261 Å². The van der Waals surface area contributed by atoms with Crippen LogP contribution in [0.2, 0.25) is 5.02 Å². The number of sulfonamides is 1. The number of nitrogens with zero attached hydrogens (tertiary/aromatic N) is 3. The normalized spacial score (nSPS) is 22.6. The lowest BCUT2D eigenvalue weighted by molar-refractivity contribution is -0.136. The maximum atomic E-state index is 15.0. The molecule has 2 aromatic carbocycles. The second-order valence-electron chi connectivity index (χ2n) is 12.1. The maximum absolute atomic E-state index is 15.0. The Morgan fingerprint density at radius 2 is 1.73 bits per heavy atom. The number of ether oxygens (including phenoxy) is 1. The third kappa shape index (κ3) is 7.18. The Kier molecular flexibility index (Phi) is 10.1. The fourth-order valence-electron chi connectivity index (χ4n) is 6.96. The van der Waals surface area contributed by atoms with Gasteiger partial charge >= 0.3 is 0 Å². The van der Waals surface area contributed by atoms with Gasteiger partial charge in [-0.05, 0) is 73.4 Å². The summed E-state index contributed by atoms with van der Waals surface area (Å²) in [5.41, 5.74) is 1.62. The number of halogens is 5. The van der Waals surface area contributed by atoms with Crippen molar-refractivity contribution in [3.63, 3.8) is 0 Å². The van der Waals surface area contributed by atoms with Crippen molar-refractivity contribution < 1.29 is 35.5 Å². The molecule has 2 aromatic rings. The average Bonchev–Trinajstić information content (AvgIpc) is 3.42. The van der Waals surface area contributed by atoms with Crippen molar-refractivity contribution in [2.45, 2.75) is 56.9 Å². The highest BCUT2D eigenvalue weighted by atomic mass is 35.5. The number of hydrogen-bond acceptors (Lipinski definition) is 5. The zero-order valence-electron chi connectivity index (χ0n) is 24.8. The van der Waals surface area contributed by atoms with Gasteiger partial charge in [0.25, 0.3) is 6.43 Å². The van der Waals surface area contributed by atoms with Gasteiger partial charge in [0.1, 0.15) is 11.6 Å². The second kappa shape index (κ2) is 13.5. The summed E-state index contributed by atoms with van der Waals surface area (Å²) in [7, 11) is -4.01. The third-order valence-electron chi connectivity index (χ3n) is 9.26. The Morgan fingerprint density at radius 1 is 1.05 bits per heavy atom. The summed E-state index contributed by atoms with van der Waals surface area (Å²) >= 11 is 6.42. The van der Waals surface area contributed by atoms with Gasteiger partial charge in [-0.1, -0.05) is 17.7 Å². The molecule has 3 fully saturated rings. The number of likely N-dealkylation sites (tertiary alicyclic amines) is 2. The molecule has 2 unspecified atom stereocenters. The molecule has 0 aromatic heterocycles. The van der Waals surface area contributed by atoms with Crippen LogP contribution in [0.15, 0.2) is 30.3 Å². The monoisotopic (exact) mass is 659 g/mol. The molecule has 242 valence electrons. The van der Waals surface area contributed by atoms with Gasteiger partial charge in [-0.2, -0.15) is 0 Å². The van der Waals surface area contributed by atoms with Gasteiger partial charge in [0.2, 0.25) is 15.9 Å². The summed E-state index contributed by atoms with van der Waals surface area (Å²) in [6, 6.07) is 6.91. The molecule has 7 nitrogen and oxygen atoms in total. The van der Waals surface area contributed by atoms with E-state index in [1.807, 2.05) is 0 Å². The first-order valence-electron chi connectivity index (χ1n) is 14.9. The van der Waals surface area contributed by atoms with Crippen LogP contribution >= 0.6 is 11.6 Å². The fraction of sp³-hybridized carbons (Fsp3) is 0.581. The van der Waals surface area contributed by atoms with E-state index in [4.69, 9.17) is 16.3 Å². The van der Waals surface area contributed by atoms with E-state index in [1.54, 1.807) is 17.9 Å². The molecular formula is C31H38ClF4N3O4S. The highest BCUT2D eigenvalue weighted by molar-refractivity contribution is 7.92. The van der Waals surface area contributed by atoms with Crippen molar-refractivity contribution in [2.75, 3.05) is 56.5 Å². The first kappa shape index (κ1) is 33.0. The molecule has 3 saturated heterocycles. The number of alkyl halides is 2. The highest BCUT2D eigenvalue weighted by Gasteiger charge is 2.44. The molecule has 0 bridgehead atoms. The van der Waals surface area contributed by atoms with E-state index in [0.717, 1.165) is 29.5 Å². The molecule has 0 N–H and O–H groups in total. The predicted octanol–water partition coefficient (Wildman–Crippen LogP) is 5.56. The summed E-state index contributed by atoms with van der Waals surface area (Å²) in [5.74, 6) is -2.63. The second-order valence-corrected chi connectivity index (χ2v) is 14.4. The van der Waals surface area contributed by atoms with E-state index in [0.29, 0.717) is 73.9 Å². The van der Waals surface area contributed by atoms with Crippen molar-refractivity contribution >= 4 is 33.2 Å². The summed E-state index contributed by atoms with van der Waals surface area (Å²) < 4.78 is 87.1. The number of aryl methyl sites for hydroxylation is 1. The lowest BCUT2D eigenvalue weighted by Crippen LogP contribution is -2.44. The number of carbonyl (C=O) groups excluding carboxylic acids is 1. The summed E-state index contributed by atoms with van der Waals surface area (Å²) in [5, 5.41) is 0.399. The molecule has 2 atom stereocenters. The maximum Gasteiger partial charge on any atom is 0.257 e. The Balaban J connectivity index is 1.37. The third-order valence-corrected chi connectivity index (χ3v) is 10.8. The van der Waals surface area contributed by atoms with E-state index in [9.17, 15) is 26.4 Å². The highest BCUT2D eigenvalue weighted by Crippen LogP contribution is 2.41. The minimum Gasteiger partial charge on any atom is -0.381 e. The minimum atomic E-state index is -4.01. The number of carbonyl (C=O) groups is 1. The lowest BCUT2D eigenvalue weighted by Gasteiger charge is -2.36. The first-order chi connectivity index (χ1) is 20.8. The number of anilines is 1. The van der Waals surface area contributed by atoms with Crippen molar-refractivity contribution in [2.24, 2.45) is 5.92 Å². The quantitative estimate of drug-likeness (QED) is 0.348. The van der Waals surface area contributed by atoms with E-state index >= 15 is 4.39 Å². The number of amides is 1. The van der Waals surface area contributed by atoms with Gasteiger partial charge in [0.05, 0.1) is 24.4 Å². The largest absolute Gasteiger partial charge is 0.381 e. The molecule has 3 aliphatic heterocycles. The average molecular weight is 660 g/mol. The van der Waals surface area contributed by atoms with Crippen LogP contribution in [0, 0.1) is 24.5 Å². The van der Waals surface area contributed by atoms with Gasteiger partial charge in [0, 0.05) is 62.4 Å². The number of benzene rings is 2. The van der Waals surface area contributed by atoms with Gasteiger partial charge < -0.3 is 9.64 Å². The zero-order valence-corrected chi connectivity index (χ0v) is 26.4. The van der Waals surface area contributed by atoms with Crippen molar-refractivity contribution in [1.82, 2.24) is 9.80 Å². The van der Waals surface area contributed by atoms with Crippen LogP contribution in [0.25, 0.3) is 0 Å². The van der Waals surface area contributed by atoms with E-state index in [2.05, 4.69) is 4.90 Å². The van der Waals surface area contributed by atoms with Gasteiger partial charge in [-0.15, -0.1) is 0 Å². The SMILES string of the molecule is Cc1cc(N(CC(F)F)S(C)(=O)=O)c(C2CCN(C(=O)C3CN(C4CCOCC4)CC3c3ccc(F)cc3F)CC2)cc1Cl. The predicted molar refractivity (Wildman–Crippen MR) is 161 cm³/mol. The van der Waals surface area contributed by atoms with Crippen molar-refractivity contribution in [3.05, 3.63) is 63.7 Å². The van der Waals surface area contributed by atoms with Crippen LogP contribution in [-0.4, -0.2) is 88.8 Å². The number of rotatable bonds is 8. The minimum absolute atomic E-state index is 0.107. The lowest BCUT2D eigenvalue weighted by atomic mass is 9.85. The summed E-state index contributed by atoms with van der Waals surface area (Å²) in [6.07, 6.45) is 0.604. The zero-order chi connectivity index (χ0) is 31.8. The van der Waals surface area contributed by atoms with Crippen LogP contribution in [0.3, 0.4) is 0 Å². The van der Waals surface area contributed by atoms with Crippen LogP contribution in [0.1, 0.15) is 54.2 Å². The Hall–Kier alpha value is -2.41. The molecule has 0 radical (unpaired) electrons. The topological polar surface area (TPSA) is 70.2 Å². The fourth-order valence-corrected chi connectivity index (χ4v) is 8.03. The molecule has 0 spiro atoms. The van der Waals surface area contributed by atoms with Crippen LogP contribution in [-0.2, 0) is 19.6 Å². The van der Waals surface area contributed by atoms with Crippen molar-refractivity contribution in [3.8, 4) is 0 Å². The van der Waals surface area contributed by atoms with Crippen molar-refractivity contribution in [1.29, 1.82) is 0 Å². The molecule has 3 heterocycles. The number of piperidine rings is 1. The molecule has 0 saturated carbocycles. The number of hydrogen-bond donors (Lipinski definition) is 0. The molecule has 1 amide bonds. The van der Waals surface area contributed by atoms with E-state index < -0.39 is 46.5 Å². The molecular weight excluding hydrogens is 622 g/mol. The summed E-state index contributed by atoms with van der Waals surface area (Å²) in [6.45, 7) is 3.62. The molecule has 3 aliphatic rings. The Morgan fingerprint density at radius 3 is 2.34 bits per heavy atom. The van der Waals surface area contributed by atoms with E-state index in [1.165, 1.54) is 18.2 Å². The molecule has 44 heavy (non-hydrogen) atoms. The standard InChI is InChI=1S/C31H38ClF4N3O4S/c1-19-13-29(39(18-30(35)36)44(2,41)42)24(15-27(19)32)20-5-9-37(10-6-20)31(40)26-17-38(22-7-11-43-12-8-22)16-25(26)23-4-3-21(33)14-28(23)34/h3-4,13-15,20,22,25-26,30H,5-12,16-18H2,1-2H3. The van der Waals surface area contributed by atoms with Crippen LogP contribution in [0.5, 0.6) is 0 Å². The molecule has 13 heteroatoms. The van der Waals surface area contributed by atoms with Gasteiger partial charge in [-0.25, -0.2) is 26.0 Å².